The molecule has 0 bridgehead atoms. The minimum atomic E-state index is -4.66. The molecule has 2 rings (SSSR count). The zero-order chi connectivity index (χ0) is 15.5. The minimum Gasteiger partial charge on any atom is -0.370 e. The van der Waals surface area contributed by atoms with Gasteiger partial charge in [0, 0.05) is 12.6 Å². The Morgan fingerprint density at radius 3 is 2.57 bits per heavy atom. The van der Waals surface area contributed by atoms with Crippen molar-refractivity contribution >= 4 is 17.4 Å². The zero-order valence-electron chi connectivity index (χ0n) is 10.6. The van der Waals surface area contributed by atoms with E-state index >= 15 is 0 Å². The van der Waals surface area contributed by atoms with Crippen molar-refractivity contribution in [2.24, 2.45) is 0 Å². The zero-order valence-corrected chi connectivity index (χ0v) is 11.3. The first-order chi connectivity index (χ1) is 9.84. The molecular weight excluding hydrogens is 310 g/mol. The lowest BCUT2D eigenvalue weighted by molar-refractivity contribution is -0.144. The van der Waals surface area contributed by atoms with E-state index in [-0.39, 0.29) is 23.3 Å². The highest BCUT2D eigenvalue weighted by Crippen LogP contribution is 2.28. The van der Waals surface area contributed by atoms with Crippen LogP contribution in [0.1, 0.15) is 11.4 Å². The van der Waals surface area contributed by atoms with Crippen molar-refractivity contribution in [3.05, 3.63) is 52.7 Å². The Bertz CT molecular complexity index is 631. The fraction of sp³-hybridized carbons (Fsp3) is 0.231. The summed E-state index contributed by atoms with van der Waals surface area (Å²) in [6, 6.07) is 7.15. The topological polar surface area (TPSA) is 37.8 Å². The average molecular weight is 320 g/mol. The average Bonchev–Trinajstić information content (AvgIpc) is 2.37. The van der Waals surface area contributed by atoms with Gasteiger partial charge in [-0.2, -0.15) is 13.2 Å². The Morgan fingerprint density at radius 2 is 1.90 bits per heavy atom. The Kier molecular flexibility index (Phi) is 4.62. The molecule has 0 saturated heterocycles. The highest BCUT2D eigenvalue weighted by Gasteiger charge is 2.35. The van der Waals surface area contributed by atoms with Crippen molar-refractivity contribution in [3.8, 4) is 0 Å². The third kappa shape index (κ3) is 4.56. The van der Waals surface area contributed by atoms with Gasteiger partial charge in [0.25, 0.3) is 0 Å². The molecule has 2 aromatic rings. The summed E-state index contributed by atoms with van der Waals surface area (Å²) in [6.07, 6.45) is -4.23. The van der Waals surface area contributed by atoms with Gasteiger partial charge in [-0.1, -0.05) is 23.7 Å². The van der Waals surface area contributed by atoms with Gasteiger partial charge in [-0.3, -0.25) is 0 Å². The summed E-state index contributed by atoms with van der Waals surface area (Å²) in [5, 5.41) is 2.41. The van der Waals surface area contributed by atoms with Gasteiger partial charge in [-0.15, -0.1) is 0 Å². The summed E-state index contributed by atoms with van der Waals surface area (Å²) in [4.78, 5) is 6.47. The molecule has 0 aliphatic carbocycles. The summed E-state index contributed by atoms with van der Waals surface area (Å²) in [7, 11) is 0. The SMILES string of the molecule is Fc1cccc(CCNc2cc(Cl)nc(C(F)(F)F)n2)c1. The number of aromatic nitrogens is 2. The molecule has 1 N–H and O–H groups in total. The fourth-order valence-corrected chi connectivity index (χ4v) is 1.85. The number of halogens is 5. The largest absolute Gasteiger partial charge is 0.451 e. The lowest BCUT2D eigenvalue weighted by atomic mass is 10.1. The van der Waals surface area contributed by atoms with Crippen molar-refractivity contribution in [1.82, 2.24) is 9.97 Å². The number of hydrogen-bond donors (Lipinski definition) is 1. The quantitative estimate of drug-likeness (QED) is 0.685. The van der Waals surface area contributed by atoms with Crippen LogP contribution in [0, 0.1) is 5.82 Å². The number of benzene rings is 1. The van der Waals surface area contributed by atoms with Crippen LogP contribution in [0.15, 0.2) is 30.3 Å². The smallest absolute Gasteiger partial charge is 0.370 e. The van der Waals surface area contributed by atoms with Crippen LogP contribution in [-0.2, 0) is 12.6 Å². The van der Waals surface area contributed by atoms with Gasteiger partial charge in [0.2, 0.25) is 5.82 Å². The first-order valence-electron chi connectivity index (χ1n) is 5.95. The number of nitrogens with zero attached hydrogens (tertiary/aromatic N) is 2. The van der Waals surface area contributed by atoms with E-state index in [4.69, 9.17) is 11.6 Å². The van der Waals surface area contributed by atoms with Gasteiger partial charge in [-0.25, -0.2) is 14.4 Å². The third-order valence-electron chi connectivity index (χ3n) is 2.56. The van der Waals surface area contributed by atoms with Crippen LogP contribution in [0.25, 0.3) is 0 Å². The lowest BCUT2D eigenvalue weighted by Gasteiger charge is -2.09. The van der Waals surface area contributed by atoms with Crippen molar-refractivity contribution in [2.75, 3.05) is 11.9 Å². The molecule has 21 heavy (non-hydrogen) atoms. The van der Waals surface area contributed by atoms with E-state index in [9.17, 15) is 17.6 Å². The molecule has 0 amide bonds. The van der Waals surface area contributed by atoms with E-state index in [0.29, 0.717) is 6.42 Å². The first kappa shape index (κ1) is 15.5. The molecule has 0 saturated carbocycles. The van der Waals surface area contributed by atoms with E-state index in [1.165, 1.54) is 18.2 Å². The van der Waals surface area contributed by atoms with E-state index < -0.39 is 12.0 Å². The summed E-state index contributed by atoms with van der Waals surface area (Å²) in [5.41, 5.74) is 0.721. The molecular formula is C13H10ClF4N3. The van der Waals surface area contributed by atoms with Crippen LogP contribution in [0.4, 0.5) is 23.4 Å². The maximum absolute atomic E-state index is 13.0. The minimum absolute atomic E-state index is 0.0290. The highest BCUT2D eigenvalue weighted by atomic mass is 35.5. The van der Waals surface area contributed by atoms with E-state index in [2.05, 4.69) is 15.3 Å². The first-order valence-corrected chi connectivity index (χ1v) is 6.32. The Morgan fingerprint density at radius 1 is 1.14 bits per heavy atom. The summed E-state index contributed by atoms with van der Waals surface area (Å²) in [6.45, 7) is 0.286. The molecule has 0 aliphatic rings. The molecule has 8 heteroatoms. The van der Waals surface area contributed by atoms with Crippen molar-refractivity contribution in [3.63, 3.8) is 0 Å². The van der Waals surface area contributed by atoms with E-state index in [1.807, 2.05) is 0 Å². The normalized spacial score (nSPS) is 11.5. The van der Waals surface area contributed by atoms with Gasteiger partial charge >= 0.3 is 6.18 Å². The van der Waals surface area contributed by atoms with Crippen LogP contribution in [0.3, 0.4) is 0 Å². The molecule has 1 aromatic heterocycles. The van der Waals surface area contributed by atoms with Gasteiger partial charge < -0.3 is 5.32 Å². The van der Waals surface area contributed by atoms with Gasteiger partial charge in [0.05, 0.1) is 0 Å². The van der Waals surface area contributed by atoms with Crippen molar-refractivity contribution < 1.29 is 17.6 Å². The van der Waals surface area contributed by atoms with Crippen LogP contribution < -0.4 is 5.32 Å². The van der Waals surface area contributed by atoms with Gasteiger partial charge in [0.1, 0.15) is 16.8 Å². The van der Waals surface area contributed by atoms with Crippen molar-refractivity contribution in [2.45, 2.75) is 12.6 Å². The molecule has 1 aromatic carbocycles. The number of nitrogens with one attached hydrogen (secondary N) is 1. The second kappa shape index (κ2) is 6.26. The predicted molar refractivity (Wildman–Crippen MR) is 70.6 cm³/mol. The molecule has 1 heterocycles. The molecule has 0 radical (unpaired) electrons. The van der Waals surface area contributed by atoms with E-state index in [1.54, 1.807) is 12.1 Å². The maximum Gasteiger partial charge on any atom is 0.451 e. The highest BCUT2D eigenvalue weighted by molar-refractivity contribution is 6.29. The number of hydrogen-bond acceptors (Lipinski definition) is 3. The molecule has 0 fully saturated rings. The van der Waals surface area contributed by atoms with Gasteiger partial charge in [-0.05, 0) is 24.1 Å². The summed E-state index contributed by atoms with van der Waals surface area (Å²) in [5.74, 6) is -1.70. The van der Waals surface area contributed by atoms with Gasteiger partial charge in [0.15, 0.2) is 0 Å². The fourth-order valence-electron chi connectivity index (χ4n) is 1.66. The Labute approximate surface area is 123 Å². The number of rotatable bonds is 4. The summed E-state index contributed by atoms with van der Waals surface area (Å²) < 4.78 is 50.5. The van der Waals surface area contributed by atoms with Crippen LogP contribution in [0.5, 0.6) is 0 Å². The monoisotopic (exact) mass is 319 g/mol. The van der Waals surface area contributed by atoms with Crippen LogP contribution in [-0.4, -0.2) is 16.5 Å². The molecule has 0 spiro atoms. The summed E-state index contributed by atoms with van der Waals surface area (Å²) >= 11 is 5.53. The van der Waals surface area contributed by atoms with Crippen LogP contribution >= 0.6 is 11.6 Å². The molecule has 0 unspecified atom stereocenters. The Balaban J connectivity index is 2.02. The second-order valence-corrected chi connectivity index (χ2v) is 4.59. The predicted octanol–water partition coefficient (Wildman–Crippen LogP) is 3.94. The van der Waals surface area contributed by atoms with E-state index in [0.717, 1.165) is 5.56 Å². The Hall–Kier alpha value is -1.89. The third-order valence-corrected chi connectivity index (χ3v) is 2.75. The molecule has 112 valence electrons. The number of alkyl halides is 3. The molecule has 0 aliphatic heterocycles. The molecule has 3 nitrogen and oxygen atoms in total. The number of anilines is 1. The van der Waals surface area contributed by atoms with Crippen LogP contribution in [0.2, 0.25) is 5.15 Å². The maximum atomic E-state index is 13.0. The second-order valence-electron chi connectivity index (χ2n) is 4.20. The molecule has 0 atom stereocenters. The van der Waals surface area contributed by atoms with Crippen molar-refractivity contribution in [1.29, 1.82) is 0 Å². The lowest BCUT2D eigenvalue weighted by Crippen LogP contribution is -2.14. The standard InChI is InChI=1S/C13H10ClF4N3/c14-10-7-11(21-12(20-10)13(16,17)18)19-5-4-8-2-1-3-9(15)6-8/h1-3,6-7H,4-5H2,(H,19,20,21).